The van der Waals surface area contributed by atoms with Gasteiger partial charge in [-0.2, -0.15) is 5.01 Å². The first kappa shape index (κ1) is 11.3. The molecule has 1 unspecified atom stereocenters. The van der Waals surface area contributed by atoms with Gasteiger partial charge in [-0.3, -0.25) is 0 Å². The van der Waals surface area contributed by atoms with E-state index in [9.17, 15) is 14.5 Å². The number of rotatable bonds is 4. The molecule has 7 nitrogen and oxygen atoms in total. The Kier molecular flexibility index (Phi) is 4.42. The van der Waals surface area contributed by atoms with Crippen molar-refractivity contribution in [2.24, 2.45) is 11.0 Å². The van der Waals surface area contributed by atoms with Crippen molar-refractivity contribution in [2.45, 2.75) is 19.4 Å². The molecular weight excluding hydrogens is 178 g/mol. The predicted octanol–water partition coefficient (Wildman–Crippen LogP) is 0.0001000. The van der Waals surface area contributed by atoms with Crippen LogP contribution in [0, 0.1) is 4.91 Å². The summed E-state index contributed by atoms with van der Waals surface area (Å²) in [4.78, 5) is 31.7. The van der Waals surface area contributed by atoms with Crippen LogP contribution in [0.3, 0.4) is 0 Å². The van der Waals surface area contributed by atoms with E-state index < -0.39 is 18.0 Å². The molecule has 0 aliphatic heterocycles. The lowest BCUT2D eigenvalue weighted by Gasteiger charge is -2.18. The van der Waals surface area contributed by atoms with E-state index in [0.717, 1.165) is 7.11 Å². The van der Waals surface area contributed by atoms with Crippen LogP contribution < -0.4 is 5.73 Å². The molecule has 0 rings (SSSR count). The normalized spacial score (nSPS) is 11.5. The van der Waals surface area contributed by atoms with Crippen molar-refractivity contribution in [3.8, 4) is 0 Å². The second-order valence-corrected chi connectivity index (χ2v) is 2.21. The number of urea groups is 1. The number of amides is 2. The number of primary amides is 1. The SMILES string of the molecule is CCC(C(=O)OC)N(N=O)C(N)=O. The lowest BCUT2D eigenvalue weighted by atomic mass is 10.2. The molecule has 0 radical (unpaired) electrons. The van der Waals surface area contributed by atoms with E-state index in [1.54, 1.807) is 6.92 Å². The summed E-state index contributed by atoms with van der Waals surface area (Å²) >= 11 is 0. The zero-order chi connectivity index (χ0) is 10.4. The van der Waals surface area contributed by atoms with Gasteiger partial charge >= 0.3 is 12.0 Å². The van der Waals surface area contributed by atoms with Gasteiger partial charge in [0.25, 0.3) is 0 Å². The maximum absolute atomic E-state index is 11.0. The van der Waals surface area contributed by atoms with Gasteiger partial charge < -0.3 is 10.5 Å². The minimum Gasteiger partial charge on any atom is -0.467 e. The molecule has 0 aromatic heterocycles. The number of nitrogens with zero attached hydrogens (tertiary/aromatic N) is 2. The minimum atomic E-state index is -1.08. The average Bonchev–Trinajstić information content (AvgIpc) is 2.12. The van der Waals surface area contributed by atoms with Crippen LogP contribution in [0.25, 0.3) is 0 Å². The molecule has 0 saturated heterocycles. The topological polar surface area (TPSA) is 102 Å². The van der Waals surface area contributed by atoms with Crippen LogP contribution in [0.1, 0.15) is 13.3 Å². The van der Waals surface area contributed by atoms with Gasteiger partial charge in [0, 0.05) is 0 Å². The summed E-state index contributed by atoms with van der Waals surface area (Å²) in [5.41, 5.74) is 4.80. The van der Waals surface area contributed by atoms with Crippen molar-refractivity contribution in [3.63, 3.8) is 0 Å². The zero-order valence-corrected chi connectivity index (χ0v) is 7.39. The van der Waals surface area contributed by atoms with Gasteiger partial charge in [-0.05, 0) is 6.42 Å². The fourth-order valence-corrected chi connectivity index (χ4v) is 0.826. The van der Waals surface area contributed by atoms with E-state index in [0.29, 0.717) is 5.01 Å². The van der Waals surface area contributed by atoms with Gasteiger partial charge in [0.2, 0.25) is 0 Å². The van der Waals surface area contributed by atoms with Crippen molar-refractivity contribution in [1.29, 1.82) is 0 Å². The highest BCUT2D eigenvalue weighted by atomic mass is 16.5. The summed E-state index contributed by atoms with van der Waals surface area (Å²) in [6.45, 7) is 1.60. The zero-order valence-electron chi connectivity index (χ0n) is 7.39. The van der Waals surface area contributed by atoms with Crippen LogP contribution >= 0.6 is 0 Å². The van der Waals surface area contributed by atoms with E-state index >= 15 is 0 Å². The van der Waals surface area contributed by atoms with E-state index in [1.807, 2.05) is 0 Å². The highest BCUT2D eigenvalue weighted by molar-refractivity contribution is 5.82. The number of nitrogens with two attached hydrogens (primary N) is 1. The van der Waals surface area contributed by atoms with Crippen LogP contribution in [0.15, 0.2) is 5.29 Å². The highest BCUT2D eigenvalue weighted by Gasteiger charge is 2.28. The fourth-order valence-electron chi connectivity index (χ4n) is 0.826. The molecule has 2 N–H and O–H groups in total. The fraction of sp³-hybridized carbons (Fsp3) is 0.667. The van der Waals surface area contributed by atoms with Crippen molar-refractivity contribution in [1.82, 2.24) is 5.01 Å². The Balaban J connectivity index is 4.61. The van der Waals surface area contributed by atoms with Crippen LogP contribution in [-0.4, -0.2) is 30.2 Å². The standard InChI is InChI=1S/C6H11N3O4/c1-3-4(5(10)13-2)9(8-12)6(7)11/h4H,3H2,1-2H3,(H2,7,11). The van der Waals surface area contributed by atoms with Crippen molar-refractivity contribution >= 4 is 12.0 Å². The van der Waals surface area contributed by atoms with E-state index in [2.05, 4.69) is 10.0 Å². The van der Waals surface area contributed by atoms with Gasteiger partial charge in [0.1, 0.15) is 0 Å². The number of carbonyl (C=O) groups is 2. The summed E-state index contributed by atoms with van der Waals surface area (Å²) in [7, 11) is 1.15. The third-order valence-electron chi connectivity index (χ3n) is 1.47. The third kappa shape index (κ3) is 2.69. The van der Waals surface area contributed by atoms with Crippen LogP contribution in [0.4, 0.5) is 4.79 Å². The molecule has 1 atom stereocenters. The first-order chi connectivity index (χ1) is 6.08. The Morgan fingerprint density at radius 1 is 1.62 bits per heavy atom. The molecule has 0 aromatic carbocycles. The van der Waals surface area contributed by atoms with E-state index in [1.165, 1.54) is 0 Å². The molecule has 0 saturated carbocycles. The number of methoxy groups -OCH3 is 1. The van der Waals surface area contributed by atoms with Crippen LogP contribution in [0.5, 0.6) is 0 Å². The molecule has 0 bridgehead atoms. The smallest absolute Gasteiger partial charge is 0.338 e. The van der Waals surface area contributed by atoms with Gasteiger partial charge in [0.15, 0.2) is 6.04 Å². The number of hydrogen-bond acceptors (Lipinski definition) is 5. The van der Waals surface area contributed by atoms with E-state index in [4.69, 9.17) is 5.73 Å². The Hall–Kier alpha value is -1.66. The van der Waals surface area contributed by atoms with Crippen molar-refractivity contribution in [2.75, 3.05) is 7.11 Å². The quantitative estimate of drug-likeness (QED) is 0.382. The molecule has 74 valence electrons. The monoisotopic (exact) mass is 189 g/mol. The maximum atomic E-state index is 11.0. The number of carbonyl (C=O) groups excluding carboxylic acids is 2. The van der Waals surface area contributed by atoms with Crippen LogP contribution in [-0.2, 0) is 9.53 Å². The minimum absolute atomic E-state index is 0.210. The summed E-state index contributed by atoms with van der Waals surface area (Å²) in [6.07, 6.45) is 0.210. The Labute approximate surface area is 74.8 Å². The highest BCUT2D eigenvalue weighted by Crippen LogP contribution is 2.06. The summed E-state index contributed by atoms with van der Waals surface area (Å²) in [5, 5.41) is 2.69. The second-order valence-electron chi connectivity index (χ2n) is 2.21. The number of esters is 1. The Morgan fingerprint density at radius 2 is 2.15 bits per heavy atom. The second kappa shape index (κ2) is 5.07. The van der Waals surface area contributed by atoms with Gasteiger partial charge in [0.05, 0.1) is 12.4 Å². The van der Waals surface area contributed by atoms with Gasteiger partial charge in [-0.15, -0.1) is 4.91 Å². The first-order valence-corrected chi connectivity index (χ1v) is 3.58. The van der Waals surface area contributed by atoms with Crippen molar-refractivity contribution < 1.29 is 14.3 Å². The molecule has 0 heterocycles. The molecule has 0 fully saturated rings. The number of nitroso groups, excluding NO2 is 1. The van der Waals surface area contributed by atoms with Gasteiger partial charge in [-0.25, -0.2) is 9.59 Å². The van der Waals surface area contributed by atoms with Crippen molar-refractivity contribution in [3.05, 3.63) is 4.91 Å². The number of ether oxygens (including phenoxy) is 1. The largest absolute Gasteiger partial charge is 0.467 e. The first-order valence-electron chi connectivity index (χ1n) is 3.58. The molecule has 0 spiro atoms. The summed E-state index contributed by atoms with van der Waals surface area (Å²) < 4.78 is 4.35. The molecule has 0 aromatic rings. The lowest BCUT2D eigenvalue weighted by molar-refractivity contribution is -0.146. The third-order valence-corrected chi connectivity index (χ3v) is 1.47. The molecule has 13 heavy (non-hydrogen) atoms. The number of hydrogen-bond donors (Lipinski definition) is 1. The summed E-state index contributed by atoms with van der Waals surface area (Å²) in [5.74, 6) is -0.721. The Morgan fingerprint density at radius 3 is 2.38 bits per heavy atom. The predicted molar refractivity (Wildman–Crippen MR) is 43.3 cm³/mol. The summed E-state index contributed by atoms with van der Waals surface area (Å²) in [6, 6.07) is -2.12. The molecular formula is C6H11N3O4. The molecule has 7 heteroatoms. The van der Waals surface area contributed by atoms with Gasteiger partial charge in [-0.1, -0.05) is 6.92 Å². The molecule has 0 aliphatic rings. The lowest BCUT2D eigenvalue weighted by Crippen LogP contribution is -2.44. The average molecular weight is 189 g/mol. The van der Waals surface area contributed by atoms with E-state index in [-0.39, 0.29) is 6.42 Å². The maximum Gasteiger partial charge on any atom is 0.338 e. The van der Waals surface area contributed by atoms with Crippen LogP contribution in [0.2, 0.25) is 0 Å². The molecule has 0 aliphatic carbocycles. The molecule has 2 amide bonds. The Bertz CT molecular complexity index is 218.